The van der Waals surface area contributed by atoms with Crippen LogP contribution in [-0.4, -0.2) is 4.92 Å². The first-order valence-corrected chi connectivity index (χ1v) is 9.18. The standard InChI is InChI=1S/C22H15BrN2O3/c23-20-7-5-18(6-8-20)19(14-24)13-16-3-11-22(12-4-16)28-15-17-1-9-21(10-2-17)25(26)27/h1-13H,15H2. The number of rotatable bonds is 6. The van der Waals surface area contributed by atoms with Crippen LogP contribution in [0.1, 0.15) is 16.7 Å². The molecule has 0 aliphatic carbocycles. The first kappa shape index (κ1) is 19.3. The molecule has 3 rings (SSSR count). The van der Waals surface area contributed by atoms with Crippen LogP contribution in [-0.2, 0) is 6.61 Å². The van der Waals surface area contributed by atoms with E-state index in [9.17, 15) is 15.4 Å². The van der Waals surface area contributed by atoms with Gasteiger partial charge in [-0.3, -0.25) is 10.1 Å². The number of nitrogens with zero attached hydrogens (tertiary/aromatic N) is 2. The van der Waals surface area contributed by atoms with Crippen LogP contribution in [0.4, 0.5) is 5.69 Å². The molecule has 6 heteroatoms. The maximum absolute atomic E-state index is 10.7. The number of nitro groups is 1. The Hall–Kier alpha value is -3.43. The number of allylic oxidation sites excluding steroid dienone is 1. The second-order valence-electron chi connectivity index (χ2n) is 5.96. The summed E-state index contributed by atoms with van der Waals surface area (Å²) in [4.78, 5) is 10.2. The average molecular weight is 435 g/mol. The van der Waals surface area contributed by atoms with Crippen molar-refractivity contribution in [2.45, 2.75) is 6.61 Å². The van der Waals surface area contributed by atoms with Gasteiger partial charge < -0.3 is 4.74 Å². The molecule has 0 atom stereocenters. The van der Waals surface area contributed by atoms with Crippen LogP contribution >= 0.6 is 15.9 Å². The molecule has 0 unspecified atom stereocenters. The monoisotopic (exact) mass is 434 g/mol. The molecule has 0 fully saturated rings. The quantitative estimate of drug-likeness (QED) is 0.206. The molecule has 3 aromatic rings. The van der Waals surface area contributed by atoms with Crippen molar-refractivity contribution >= 4 is 33.3 Å². The smallest absolute Gasteiger partial charge is 0.269 e. The summed E-state index contributed by atoms with van der Waals surface area (Å²) in [6.07, 6.45) is 1.82. The van der Waals surface area contributed by atoms with Gasteiger partial charge in [-0.05, 0) is 59.2 Å². The summed E-state index contributed by atoms with van der Waals surface area (Å²) < 4.78 is 6.68. The number of hydrogen-bond donors (Lipinski definition) is 0. The van der Waals surface area contributed by atoms with E-state index in [2.05, 4.69) is 22.0 Å². The van der Waals surface area contributed by atoms with E-state index >= 15 is 0 Å². The van der Waals surface area contributed by atoms with Gasteiger partial charge in [-0.1, -0.05) is 40.2 Å². The highest BCUT2D eigenvalue weighted by Gasteiger charge is 2.05. The third-order valence-corrected chi connectivity index (χ3v) is 4.55. The van der Waals surface area contributed by atoms with E-state index in [0.29, 0.717) is 17.9 Å². The fourth-order valence-electron chi connectivity index (χ4n) is 2.52. The van der Waals surface area contributed by atoms with Crippen LogP contribution in [0.3, 0.4) is 0 Å². The first-order valence-electron chi connectivity index (χ1n) is 8.39. The molecule has 0 heterocycles. The Morgan fingerprint density at radius 1 is 1.04 bits per heavy atom. The molecule has 0 spiro atoms. The largest absolute Gasteiger partial charge is 0.489 e. The molecule has 0 N–H and O–H groups in total. The molecular weight excluding hydrogens is 420 g/mol. The summed E-state index contributed by atoms with van der Waals surface area (Å²) in [5, 5.41) is 20.1. The summed E-state index contributed by atoms with van der Waals surface area (Å²) in [5.74, 6) is 0.678. The van der Waals surface area contributed by atoms with Crippen LogP contribution in [0.15, 0.2) is 77.3 Å². The van der Waals surface area contributed by atoms with Crippen molar-refractivity contribution in [2.75, 3.05) is 0 Å². The third kappa shape index (κ3) is 5.06. The minimum absolute atomic E-state index is 0.0546. The van der Waals surface area contributed by atoms with Crippen molar-refractivity contribution < 1.29 is 9.66 Å². The maximum Gasteiger partial charge on any atom is 0.269 e. The Kier molecular flexibility index (Phi) is 6.20. The van der Waals surface area contributed by atoms with Gasteiger partial charge >= 0.3 is 0 Å². The zero-order chi connectivity index (χ0) is 19.9. The van der Waals surface area contributed by atoms with Gasteiger partial charge in [-0.2, -0.15) is 5.26 Å². The second kappa shape index (κ2) is 8.98. The molecule has 0 aromatic heterocycles. The first-order chi connectivity index (χ1) is 13.5. The summed E-state index contributed by atoms with van der Waals surface area (Å²) in [7, 11) is 0. The lowest BCUT2D eigenvalue weighted by atomic mass is 10.0. The van der Waals surface area contributed by atoms with Gasteiger partial charge in [0.2, 0.25) is 0 Å². The molecule has 0 aliphatic rings. The fourth-order valence-corrected chi connectivity index (χ4v) is 2.78. The van der Waals surface area contributed by atoms with Crippen molar-refractivity contribution in [2.24, 2.45) is 0 Å². The molecule has 0 saturated heterocycles. The molecule has 28 heavy (non-hydrogen) atoms. The van der Waals surface area contributed by atoms with E-state index in [1.807, 2.05) is 54.6 Å². The molecule has 0 amide bonds. The van der Waals surface area contributed by atoms with E-state index in [-0.39, 0.29) is 5.69 Å². The fraction of sp³-hybridized carbons (Fsp3) is 0.0455. The highest BCUT2D eigenvalue weighted by Crippen LogP contribution is 2.22. The van der Waals surface area contributed by atoms with Crippen molar-refractivity contribution in [3.63, 3.8) is 0 Å². The molecular formula is C22H15BrN2O3. The Morgan fingerprint density at radius 2 is 1.68 bits per heavy atom. The topological polar surface area (TPSA) is 76.2 Å². The second-order valence-corrected chi connectivity index (χ2v) is 6.87. The molecule has 0 bridgehead atoms. The predicted molar refractivity (Wildman–Crippen MR) is 111 cm³/mol. The van der Waals surface area contributed by atoms with Crippen molar-refractivity contribution in [3.8, 4) is 11.8 Å². The lowest BCUT2D eigenvalue weighted by Crippen LogP contribution is -1.96. The lowest BCUT2D eigenvalue weighted by Gasteiger charge is -2.07. The molecule has 0 aliphatic heterocycles. The number of halogens is 1. The Bertz CT molecular complexity index is 1040. The van der Waals surface area contributed by atoms with E-state index in [4.69, 9.17) is 4.74 Å². The molecule has 0 saturated carbocycles. The third-order valence-electron chi connectivity index (χ3n) is 4.02. The number of nitro benzene ring substituents is 1. The molecule has 3 aromatic carbocycles. The summed E-state index contributed by atoms with van der Waals surface area (Å²) >= 11 is 3.39. The van der Waals surface area contributed by atoms with Gasteiger partial charge in [-0.25, -0.2) is 0 Å². The number of ether oxygens (including phenoxy) is 1. The van der Waals surface area contributed by atoms with Gasteiger partial charge in [0, 0.05) is 16.6 Å². The van der Waals surface area contributed by atoms with E-state index in [1.165, 1.54) is 12.1 Å². The number of benzene rings is 3. The molecule has 0 radical (unpaired) electrons. The SMILES string of the molecule is N#CC(=Cc1ccc(OCc2ccc([N+](=O)[O-])cc2)cc1)c1ccc(Br)cc1. The minimum atomic E-state index is -0.430. The summed E-state index contributed by atoms with van der Waals surface area (Å²) in [6.45, 7) is 0.315. The van der Waals surface area contributed by atoms with Crippen molar-refractivity contribution in [1.82, 2.24) is 0 Å². The van der Waals surface area contributed by atoms with Crippen LogP contribution in [0.25, 0.3) is 11.6 Å². The Balaban J connectivity index is 1.66. The Morgan fingerprint density at radius 3 is 2.25 bits per heavy atom. The maximum atomic E-state index is 10.7. The highest BCUT2D eigenvalue weighted by molar-refractivity contribution is 9.10. The summed E-state index contributed by atoms with van der Waals surface area (Å²) in [6, 6.07) is 23.5. The zero-order valence-corrected chi connectivity index (χ0v) is 16.3. The zero-order valence-electron chi connectivity index (χ0n) is 14.7. The van der Waals surface area contributed by atoms with Crippen LogP contribution < -0.4 is 4.74 Å². The van der Waals surface area contributed by atoms with Gasteiger partial charge in [-0.15, -0.1) is 0 Å². The van der Waals surface area contributed by atoms with Crippen molar-refractivity contribution in [1.29, 1.82) is 5.26 Å². The highest BCUT2D eigenvalue weighted by atomic mass is 79.9. The average Bonchev–Trinajstić information content (AvgIpc) is 2.72. The van der Waals surface area contributed by atoms with Gasteiger partial charge in [0.15, 0.2) is 0 Å². The lowest BCUT2D eigenvalue weighted by molar-refractivity contribution is -0.384. The predicted octanol–water partition coefficient (Wildman–Crippen LogP) is 6.00. The Labute approximate surface area is 170 Å². The number of non-ortho nitro benzene ring substituents is 1. The van der Waals surface area contributed by atoms with E-state index in [1.54, 1.807) is 12.1 Å². The van der Waals surface area contributed by atoms with Gasteiger partial charge in [0.25, 0.3) is 5.69 Å². The van der Waals surface area contributed by atoms with Crippen molar-refractivity contribution in [3.05, 3.63) is 104 Å². The molecule has 5 nitrogen and oxygen atoms in total. The number of hydrogen-bond acceptors (Lipinski definition) is 4. The number of nitriles is 1. The van der Waals surface area contributed by atoms with E-state index < -0.39 is 4.92 Å². The van der Waals surface area contributed by atoms with E-state index in [0.717, 1.165) is 21.2 Å². The van der Waals surface area contributed by atoms with Crippen LogP contribution in [0, 0.1) is 21.4 Å². The molecule has 138 valence electrons. The van der Waals surface area contributed by atoms with Gasteiger partial charge in [0.1, 0.15) is 12.4 Å². The summed E-state index contributed by atoms with van der Waals surface area (Å²) in [5.41, 5.74) is 3.22. The minimum Gasteiger partial charge on any atom is -0.489 e. The van der Waals surface area contributed by atoms with Gasteiger partial charge in [0.05, 0.1) is 16.6 Å². The van der Waals surface area contributed by atoms with Crippen LogP contribution in [0.2, 0.25) is 0 Å². The normalized spacial score (nSPS) is 10.9. The van der Waals surface area contributed by atoms with Crippen LogP contribution in [0.5, 0.6) is 5.75 Å².